The van der Waals surface area contributed by atoms with Gasteiger partial charge in [0.2, 0.25) is 5.71 Å². The number of oxime groups is 1. The standard InChI is InChI=1S/C21H21N7O5S2/c1-34-11-33-26-14(17-23-6-5-13(22)24-17)18(29)25-15-19(30)28-16(21(31)32)12(10-35-20(15)28)9-27-7-3-2-4-8-27/h2-8,15,20H,9-11H2,1H3,(H3-,22,23,24,25,29,31,32)/p+1/b26-14-/t15?,20-/m1/s1. The van der Waals surface area contributed by atoms with E-state index >= 15 is 0 Å². The summed E-state index contributed by atoms with van der Waals surface area (Å²) in [7, 11) is 0. The first-order valence-corrected chi connectivity index (χ1v) is 12.8. The van der Waals surface area contributed by atoms with Gasteiger partial charge in [0.15, 0.2) is 30.7 Å². The van der Waals surface area contributed by atoms with Gasteiger partial charge in [-0.05, 0) is 12.3 Å². The lowest BCUT2D eigenvalue weighted by molar-refractivity contribution is -0.689. The summed E-state index contributed by atoms with van der Waals surface area (Å²) in [4.78, 5) is 52.5. The zero-order valence-corrected chi connectivity index (χ0v) is 20.2. The van der Waals surface area contributed by atoms with E-state index in [4.69, 9.17) is 10.6 Å². The van der Waals surface area contributed by atoms with Crippen LogP contribution in [0.4, 0.5) is 5.82 Å². The van der Waals surface area contributed by atoms with Gasteiger partial charge in [0.25, 0.3) is 11.8 Å². The number of aliphatic carboxylic acids is 1. The van der Waals surface area contributed by atoms with Gasteiger partial charge >= 0.3 is 5.97 Å². The molecular formula is C21H22N7O5S2+. The van der Waals surface area contributed by atoms with Crippen molar-refractivity contribution in [2.24, 2.45) is 5.16 Å². The first-order chi connectivity index (χ1) is 16.9. The van der Waals surface area contributed by atoms with Crippen molar-refractivity contribution >= 4 is 52.8 Å². The molecule has 2 aromatic heterocycles. The number of carboxylic acid groups (broad SMARTS) is 1. The van der Waals surface area contributed by atoms with Crippen molar-refractivity contribution in [3.63, 3.8) is 0 Å². The lowest BCUT2D eigenvalue weighted by Crippen LogP contribution is -2.71. The fraction of sp³-hybridized carbons (Fsp3) is 0.286. The van der Waals surface area contributed by atoms with Crippen LogP contribution in [0.15, 0.2) is 59.3 Å². The number of fused-ring (bicyclic) bond motifs is 1. The third-order valence-corrected chi connectivity index (χ3v) is 6.80. The number of nitrogens with one attached hydrogen (secondary N) is 1. The molecular weight excluding hydrogens is 494 g/mol. The van der Waals surface area contributed by atoms with E-state index in [1.165, 1.54) is 40.7 Å². The molecule has 0 bridgehead atoms. The van der Waals surface area contributed by atoms with Gasteiger partial charge in [-0.1, -0.05) is 11.2 Å². The van der Waals surface area contributed by atoms with E-state index in [1.807, 2.05) is 35.2 Å². The molecule has 1 fully saturated rings. The maximum Gasteiger partial charge on any atom is 0.352 e. The summed E-state index contributed by atoms with van der Waals surface area (Å²) in [5, 5.41) is 15.7. The number of thioether (sulfide) groups is 2. The molecule has 35 heavy (non-hydrogen) atoms. The molecule has 0 aromatic carbocycles. The van der Waals surface area contributed by atoms with Crippen molar-refractivity contribution in [3.8, 4) is 0 Å². The van der Waals surface area contributed by atoms with E-state index in [-0.39, 0.29) is 29.0 Å². The van der Waals surface area contributed by atoms with E-state index in [1.54, 1.807) is 6.26 Å². The predicted octanol–water partition coefficient (Wildman–Crippen LogP) is -0.174. The topological polar surface area (TPSA) is 164 Å². The number of hydrogen-bond donors (Lipinski definition) is 3. The minimum absolute atomic E-state index is 0.0584. The molecule has 2 aliphatic heterocycles. The van der Waals surface area contributed by atoms with E-state index in [0.29, 0.717) is 17.9 Å². The second-order valence-corrected chi connectivity index (χ2v) is 9.36. The highest BCUT2D eigenvalue weighted by atomic mass is 32.2. The largest absolute Gasteiger partial charge is 0.477 e. The van der Waals surface area contributed by atoms with Crippen LogP contribution in [0, 0.1) is 0 Å². The SMILES string of the molecule is CSCO/N=C(\C(=O)NC1C(=O)N2C(C(=O)O)=C(C[n+]3ccccc3)CS[C@H]12)c1nccc(N)n1. The van der Waals surface area contributed by atoms with E-state index < -0.39 is 29.2 Å². The summed E-state index contributed by atoms with van der Waals surface area (Å²) in [6, 6.07) is 6.05. The van der Waals surface area contributed by atoms with Gasteiger partial charge in [0, 0.05) is 29.7 Å². The summed E-state index contributed by atoms with van der Waals surface area (Å²) in [5.74, 6) is -1.81. The Morgan fingerprint density at radius 1 is 1.40 bits per heavy atom. The number of β-lactam (4-membered cyclic amide) rings is 1. The Bertz CT molecular complexity index is 1210. The fourth-order valence-electron chi connectivity index (χ4n) is 3.59. The van der Waals surface area contributed by atoms with Gasteiger partial charge < -0.3 is 21.0 Å². The Morgan fingerprint density at radius 2 is 2.17 bits per heavy atom. The predicted molar refractivity (Wildman–Crippen MR) is 129 cm³/mol. The van der Waals surface area contributed by atoms with Crippen LogP contribution in [-0.4, -0.2) is 72.8 Å². The van der Waals surface area contributed by atoms with Crippen molar-refractivity contribution in [2.75, 3.05) is 23.7 Å². The van der Waals surface area contributed by atoms with Crippen molar-refractivity contribution < 1.29 is 28.9 Å². The highest BCUT2D eigenvalue weighted by Crippen LogP contribution is 2.40. The minimum Gasteiger partial charge on any atom is -0.477 e. The number of hydrogen-bond acceptors (Lipinski definition) is 10. The zero-order valence-electron chi connectivity index (χ0n) is 18.5. The van der Waals surface area contributed by atoms with Crippen LogP contribution in [0.2, 0.25) is 0 Å². The molecule has 2 aromatic rings. The first-order valence-electron chi connectivity index (χ1n) is 10.3. The Hall–Kier alpha value is -3.65. The lowest BCUT2D eigenvalue weighted by atomic mass is 10.0. The van der Waals surface area contributed by atoms with Crippen molar-refractivity contribution in [1.82, 2.24) is 20.2 Å². The third kappa shape index (κ3) is 5.22. The molecule has 1 saturated heterocycles. The Labute approximate surface area is 208 Å². The monoisotopic (exact) mass is 516 g/mol. The molecule has 0 spiro atoms. The van der Waals surface area contributed by atoms with Crippen molar-refractivity contribution in [2.45, 2.75) is 18.0 Å². The third-order valence-electron chi connectivity index (χ3n) is 5.12. The van der Waals surface area contributed by atoms with Gasteiger partial charge in [-0.3, -0.25) is 14.5 Å². The Kier molecular flexibility index (Phi) is 7.51. The Balaban J connectivity index is 1.53. The van der Waals surface area contributed by atoms with Gasteiger partial charge in [-0.2, -0.15) is 0 Å². The summed E-state index contributed by atoms with van der Waals surface area (Å²) in [5.41, 5.74) is 6.01. The summed E-state index contributed by atoms with van der Waals surface area (Å²) < 4.78 is 1.84. The van der Waals surface area contributed by atoms with Crippen LogP contribution in [0.3, 0.4) is 0 Å². The average molecular weight is 517 g/mol. The molecule has 2 aliphatic rings. The normalized spacial score (nSPS) is 19.6. The molecule has 2 atom stereocenters. The van der Waals surface area contributed by atoms with Gasteiger partial charge in [0.05, 0.1) is 0 Å². The highest BCUT2D eigenvalue weighted by molar-refractivity contribution is 8.00. The van der Waals surface area contributed by atoms with Crippen molar-refractivity contribution in [1.29, 1.82) is 0 Å². The van der Waals surface area contributed by atoms with Gasteiger partial charge in [-0.15, -0.1) is 23.5 Å². The smallest absolute Gasteiger partial charge is 0.352 e. The number of nitrogens with two attached hydrogens (primary N) is 1. The molecule has 12 nitrogen and oxygen atoms in total. The number of carbonyl (C=O) groups is 3. The van der Waals surface area contributed by atoms with Crippen LogP contribution < -0.4 is 15.6 Å². The number of anilines is 1. The van der Waals surface area contributed by atoms with Gasteiger partial charge in [0.1, 0.15) is 22.9 Å². The first kappa shape index (κ1) is 24.5. The number of pyridine rings is 1. The van der Waals surface area contributed by atoms with Crippen LogP contribution in [0.25, 0.3) is 0 Å². The molecule has 4 heterocycles. The van der Waals surface area contributed by atoms with Crippen LogP contribution in [0.5, 0.6) is 0 Å². The summed E-state index contributed by atoms with van der Waals surface area (Å²) in [6.45, 7) is 0.333. The minimum atomic E-state index is -1.19. The van der Waals surface area contributed by atoms with E-state index in [0.717, 1.165) is 0 Å². The molecule has 0 aliphatic carbocycles. The number of carboxylic acids is 1. The molecule has 4 rings (SSSR count). The quantitative estimate of drug-likeness (QED) is 0.102. The molecule has 182 valence electrons. The summed E-state index contributed by atoms with van der Waals surface area (Å²) >= 11 is 2.73. The molecule has 1 unspecified atom stereocenters. The van der Waals surface area contributed by atoms with Crippen LogP contribution in [0.1, 0.15) is 5.82 Å². The Morgan fingerprint density at radius 3 is 2.86 bits per heavy atom. The van der Waals surface area contributed by atoms with Gasteiger partial charge in [-0.25, -0.2) is 19.3 Å². The number of carbonyl (C=O) groups excluding carboxylic acids is 2. The van der Waals surface area contributed by atoms with Crippen LogP contribution in [-0.2, 0) is 25.8 Å². The maximum absolute atomic E-state index is 13.0. The van der Waals surface area contributed by atoms with Crippen LogP contribution >= 0.6 is 23.5 Å². The second kappa shape index (κ2) is 10.7. The molecule has 4 N–H and O–H groups in total. The number of amides is 2. The summed E-state index contributed by atoms with van der Waals surface area (Å²) in [6.07, 6.45) is 6.82. The number of rotatable bonds is 9. The fourth-order valence-corrected chi connectivity index (χ4v) is 5.08. The maximum atomic E-state index is 13.0. The molecule has 0 radical (unpaired) electrons. The lowest BCUT2D eigenvalue weighted by Gasteiger charge is -2.49. The van der Waals surface area contributed by atoms with Crippen molar-refractivity contribution in [3.05, 3.63) is 60.0 Å². The molecule has 14 heteroatoms. The second-order valence-electron chi connectivity index (χ2n) is 7.45. The van der Waals surface area contributed by atoms with E-state index in [9.17, 15) is 19.5 Å². The molecule has 0 saturated carbocycles. The van der Waals surface area contributed by atoms with E-state index in [2.05, 4.69) is 20.4 Å². The molecule has 2 amide bonds. The number of aromatic nitrogens is 3. The number of nitrogen functional groups attached to an aromatic ring is 1. The zero-order chi connectivity index (χ0) is 24.9. The number of nitrogens with zero attached hydrogens (tertiary/aromatic N) is 5. The average Bonchev–Trinajstić information content (AvgIpc) is 2.85. The highest BCUT2D eigenvalue weighted by Gasteiger charge is 2.54.